The monoisotopic (exact) mass is 848 g/mol. The molecule has 3 amide bonds. The van der Waals surface area contributed by atoms with Crippen LogP contribution in [0.2, 0.25) is 0 Å². The van der Waals surface area contributed by atoms with Crippen LogP contribution in [-0.2, 0) is 44.6 Å². The Labute approximate surface area is 347 Å². The molecule has 4 N–H and O–H groups in total. The standard InChI is InChI=1S/C38H60N6O9S.2ClH/c1-28-34(54-27-41-28)30-7-5-29(6-8-30)24-40-36(47)32-23-31(45)25-44(32)37(48)35(38(2,3)4)42-33(46)26-53-22-21-52-20-19-51-18-17-50-16-15-49-14-13-43-11-9-39-10-12-43;;/h5-8,27,31-32,35,39,45H,9-26H2,1-4H3,(H,40,47)(H,42,46);2*1H/t31-,32+,35-;;/m1../s1. The van der Waals surface area contributed by atoms with Gasteiger partial charge in [-0.05, 0) is 23.5 Å². The molecule has 4 rings (SSSR count). The van der Waals surface area contributed by atoms with Crippen molar-refractivity contribution in [3.8, 4) is 10.4 Å². The average Bonchev–Trinajstić information content (AvgIpc) is 3.77. The van der Waals surface area contributed by atoms with Crippen LogP contribution in [0.5, 0.6) is 0 Å². The van der Waals surface area contributed by atoms with E-state index in [1.165, 1.54) is 4.90 Å². The number of aryl methyl sites for hydroxylation is 1. The number of thiazole rings is 1. The van der Waals surface area contributed by atoms with Gasteiger partial charge in [0.15, 0.2) is 0 Å². The zero-order chi connectivity index (χ0) is 38.8. The number of aliphatic hydroxyl groups excluding tert-OH is 1. The summed E-state index contributed by atoms with van der Waals surface area (Å²) < 4.78 is 27.7. The van der Waals surface area contributed by atoms with Gasteiger partial charge in [0.25, 0.3) is 0 Å². The highest BCUT2D eigenvalue weighted by atomic mass is 35.5. The maximum absolute atomic E-state index is 13.8. The summed E-state index contributed by atoms with van der Waals surface area (Å²) >= 11 is 1.58. The first-order valence-electron chi connectivity index (χ1n) is 18.9. The minimum atomic E-state index is -0.941. The van der Waals surface area contributed by atoms with Crippen LogP contribution >= 0.6 is 36.2 Å². The number of aliphatic hydroxyl groups is 1. The minimum Gasteiger partial charge on any atom is -0.391 e. The molecule has 0 radical (unpaired) electrons. The van der Waals surface area contributed by atoms with Crippen molar-refractivity contribution in [1.29, 1.82) is 0 Å². The number of nitrogens with zero attached hydrogens (tertiary/aromatic N) is 3. The number of β-amino-alcohol motifs (C(OH)–C–C–N with tert-alkyl or cyclic N) is 1. The summed E-state index contributed by atoms with van der Waals surface area (Å²) in [5.41, 5.74) is 4.07. The minimum absolute atomic E-state index is 0. The number of hydrogen-bond acceptors (Lipinski definition) is 13. The van der Waals surface area contributed by atoms with Gasteiger partial charge >= 0.3 is 0 Å². The Hall–Kier alpha value is -2.48. The molecule has 318 valence electrons. The number of likely N-dealkylation sites (tertiary alicyclic amines) is 1. The summed E-state index contributed by atoms with van der Waals surface area (Å²) in [5, 5.41) is 19.5. The van der Waals surface area contributed by atoms with E-state index in [9.17, 15) is 19.5 Å². The van der Waals surface area contributed by atoms with Gasteiger partial charge in [0.05, 0.1) is 81.6 Å². The molecule has 18 heteroatoms. The molecule has 0 unspecified atom stereocenters. The molecule has 2 saturated heterocycles. The van der Waals surface area contributed by atoms with Gasteiger partial charge in [-0.2, -0.15) is 0 Å². The van der Waals surface area contributed by atoms with Crippen LogP contribution in [0.15, 0.2) is 29.8 Å². The first-order chi connectivity index (χ1) is 26.0. The van der Waals surface area contributed by atoms with Crippen molar-refractivity contribution in [3.63, 3.8) is 0 Å². The third-order valence-corrected chi connectivity index (χ3v) is 10.2. The predicted molar refractivity (Wildman–Crippen MR) is 220 cm³/mol. The summed E-state index contributed by atoms with van der Waals surface area (Å²) in [6.07, 6.45) is -0.742. The molecule has 2 aliphatic rings. The third-order valence-electron chi connectivity index (χ3n) is 9.19. The fourth-order valence-corrected chi connectivity index (χ4v) is 6.97. The molecular formula is C38H62Cl2N6O9S. The van der Waals surface area contributed by atoms with E-state index in [2.05, 4.69) is 25.8 Å². The van der Waals surface area contributed by atoms with Crippen molar-refractivity contribution in [2.24, 2.45) is 5.41 Å². The fraction of sp³-hybridized carbons (Fsp3) is 0.684. The molecule has 0 aliphatic carbocycles. The SMILES string of the molecule is Cc1ncsc1-c1ccc(CNC(=O)[C@@H]2C[C@@H](O)CN2C(=O)[C@@H](NC(=O)COCCOCCOCCOCCOCCN2CCNCC2)C(C)(C)C)cc1.Cl.Cl. The largest absolute Gasteiger partial charge is 0.391 e. The lowest BCUT2D eigenvalue weighted by Gasteiger charge is -2.35. The smallest absolute Gasteiger partial charge is 0.246 e. The normalized spacial score (nSPS) is 17.8. The molecule has 0 saturated carbocycles. The maximum Gasteiger partial charge on any atom is 0.246 e. The summed E-state index contributed by atoms with van der Waals surface area (Å²) in [6.45, 7) is 16.6. The summed E-state index contributed by atoms with van der Waals surface area (Å²) in [7, 11) is 0. The van der Waals surface area contributed by atoms with E-state index in [0.717, 1.165) is 54.4 Å². The first kappa shape index (κ1) is 49.7. The highest BCUT2D eigenvalue weighted by Crippen LogP contribution is 2.28. The van der Waals surface area contributed by atoms with Gasteiger partial charge in [-0.3, -0.25) is 19.3 Å². The van der Waals surface area contributed by atoms with Gasteiger partial charge < -0.3 is 49.6 Å². The van der Waals surface area contributed by atoms with Gasteiger partial charge in [-0.15, -0.1) is 36.2 Å². The Morgan fingerprint density at radius 2 is 1.48 bits per heavy atom. The second kappa shape index (κ2) is 26.5. The second-order valence-corrected chi connectivity index (χ2v) is 15.4. The Balaban J connectivity index is 0.00000541. The lowest BCUT2D eigenvalue weighted by molar-refractivity contribution is -0.144. The number of carbonyl (C=O) groups is 3. The summed E-state index contributed by atoms with van der Waals surface area (Å²) in [5.74, 6) is -1.25. The fourth-order valence-electron chi connectivity index (χ4n) is 6.16. The molecular weight excluding hydrogens is 787 g/mol. The number of benzene rings is 1. The second-order valence-electron chi connectivity index (χ2n) is 14.5. The number of hydrogen-bond donors (Lipinski definition) is 4. The van der Waals surface area contributed by atoms with Crippen LogP contribution in [-0.4, -0.2) is 161 Å². The molecule has 2 aromatic rings. The van der Waals surface area contributed by atoms with Crippen molar-refractivity contribution in [3.05, 3.63) is 41.0 Å². The van der Waals surface area contributed by atoms with Crippen molar-refractivity contribution >= 4 is 53.9 Å². The lowest BCUT2D eigenvalue weighted by atomic mass is 9.85. The van der Waals surface area contributed by atoms with E-state index in [-0.39, 0.29) is 70.1 Å². The van der Waals surface area contributed by atoms with Crippen molar-refractivity contribution in [1.82, 2.24) is 30.7 Å². The number of halogens is 2. The summed E-state index contributed by atoms with van der Waals surface area (Å²) in [6, 6.07) is 6.07. The Kier molecular flexibility index (Phi) is 23.5. The van der Waals surface area contributed by atoms with E-state index < -0.39 is 35.4 Å². The molecule has 2 fully saturated rings. The molecule has 0 spiro atoms. The van der Waals surface area contributed by atoms with Gasteiger partial charge in [0.2, 0.25) is 17.7 Å². The quantitative estimate of drug-likeness (QED) is 0.120. The molecule has 56 heavy (non-hydrogen) atoms. The first-order valence-corrected chi connectivity index (χ1v) is 19.8. The van der Waals surface area contributed by atoms with Gasteiger partial charge in [-0.25, -0.2) is 4.98 Å². The zero-order valence-electron chi connectivity index (χ0n) is 33.1. The number of piperazine rings is 1. The molecule has 2 aliphatic heterocycles. The Bertz CT molecular complexity index is 1430. The third kappa shape index (κ3) is 17.2. The number of ether oxygens (including phenoxy) is 5. The van der Waals surface area contributed by atoms with Crippen LogP contribution in [0, 0.1) is 12.3 Å². The Morgan fingerprint density at radius 3 is 2.04 bits per heavy atom. The van der Waals surface area contributed by atoms with E-state index in [1.54, 1.807) is 11.3 Å². The van der Waals surface area contributed by atoms with Gasteiger partial charge in [-0.1, -0.05) is 45.0 Å². The number of amides is 3. The molecule has 1 aromatic carbocycles. The number of rotatable bonds is 23. The number of aromatic nitrogens is 1. The van der Waals surface area contributed by atoms with Crippen molar-refractivity contribution in [2.45, 2.75) is 58.8 Å². The van der Waals surface area contributed by atoms with Crippen molar-refractivity contribution in [2.75, 3.05) is 105 Å². The van der Waals surface area contributed by atoms with Crippen LogP contribution < -0.4 is 16.0 Å². The predicted octanol–water partition coefficient (Wildman–Crippen LogP) is 2.06. The molecule has 3 atom stereocenters. The highest BCUT2D eigenvalue weighted by molar-refractivity contribution is 7.13. The average molecular weight is 850 g/mol. The molecule has 15 nitrogen and oxygen atoms in total. The van der Waals surface area contributed by atoms with E-state index in [0.29, 0.717) is 46.2 Å². The molecule has 1 aromatic heterocycles. The van der Waals surface area contributed by atoms with Crippen molar-refractivity contribution < 1.29 is 43.2 Å². The lowest BCUT2D eigenvalue weighted by Crippen LogP contribution is -2.58. The van der Waals surface area contributed by atoms with Crippen LogP contribution in [0.3, 0.4) is 0 Å². The van der Waals surface area contributed by atoms with Crippen LogP contribution in [0.4, 0.5) is 0 Å². The van der Waals surface area contributed by atoms with E-state index in [1.807, 2.05) is 57.5 Å². The maximum atomic E-state index is 13.8. The zero-order valence-corrected chi connectivity index (χ0v) is 35.6. The van der Waals surface area contributed by atoms with Crippen LogP contribution in [0.1, 0.15) is 38.4 Å². The number of nitrogens with one attached hydrogen (secondary N) is 3. The number of carbonyl (C=O) groups excluding carboxylic acids is 3. The van der Waals surface area contributed by atoms with E-state index in [4.69, 9.17) is 23.7 Å². The molecule has 0 bridgehead atoms. The topological polar surface area (TPSA) is 173 Å². The Morgan fingerprint density at radius 1 is 0.911 bits per heavy atom. The van der Waals surface area contributed by atoms with E-state index >= 15 is 0 Å². The summed E-state index contributed by atoms with van der Waals surface area (Å²) in [4.78, 5) is 49.2. The van der Waals surface area contributed by atoms with Crippen LogP contribution in [0.25, 0.3) is 10.4 Å². The van der Waals surface area contributed by atoms with Gasteiger partial charge in [0.1, 0.15) is 18.7 Å². The highest BCUT2D eigenvalue weighted by Gasteiger charge is 2.44. The van der Waals surface area contributed by atoms with Gasteiger partial charge in [0, 0.05) is 52.2 Å². The molecule has 3 heterocycles.